The zero-order chi connectivity index (χ0) is 15.1. The van der Waals surface area contributed by atoms with E-state index in [0.717, 1.165) is 16.8 Å². The van der Waals surface area contributed by atoms with E-state index < -0.39 is 0 Å². The Labute approximate surface area is 125 Å². The van der Waals surface area contributed by atoms with Crippen LogP contribution in [-0.2, 0) is 4.79 Å². The second-order valence-electron chi connectivity index (χ2n) is 4.64. The minimum Gasteiger partial charge on any atom is -0.378 e. The largest absolute Gasteiger partial charge is 0.378 e. The summed E-state index contributed by atoms with van der Waals surface area (Å²) in [5.41, 5.74) is 2.70. The Kier molecular flexibility index (Phi) is 4.80. The van der Waals surface area contributed by atoms with Gasteiger partial charge in [0.2, 0.25) is 0 Å². The van der Waals surface area contributed by atoms with Crippen molar-refractivity contribution in [3.05, 3.63) is 65.7 Å². The van der Waals surface area contributed by atoms with Crippen LogP contribution >= 0.6 is 0 Å². The summed E-state index contributed by atoms with van der Waals surface area (Å²) in [6.45, 7) is 0. The maximum absolute atomic E-state index is 11.6. The molecular weight excluding hydrogens is 258 g/mol. The summed E-state index contributed by atoms with van der Waals surface area (Å²) < 4.78 is 0. The molecule has 21 heavy (non-hydrogen) atoms. The molecule has 0 radical (unpaired) electrons. The van der Waals surface area contributed by atoms with E-state index >= 15 is 0 Å². The number of hydrogen-bond acceptors (Lipinski definition) is 2. The molecule has 2 aromatic rings. The standard InChI is InChI=1S/C19H15NO/c1-20(2)18-12-8-17(9-13-18)11-15-19(21)14-10-16-6-4-3-5-7-16/h3-9,12-13H,1-2H3. The van der Waals surface area contributed by atoms with Gasteiger partial charge in [0.1, 0.15) is 0 Å². The lowest BCUT2D eigenvalue weighted by atomic mass is 10.2. The molecule has 0 heterocycles. The average molecular weight is 273 g/mol. The Morgan fingerprint density at radius 1 is 0.810 bits per heavy atom. The highest BCUT2D eigenvalue weighted by molar-refractivity contribution is 6.09. The van der Waals surface area contributed by atoms with Gasteiger partial charge in [0.25, 0.3) is 5.78 Å². The Balaban J connectivity index is 2.05. The molecule has 2 aromatic carbocycles. The van der Waals surface area contributed by atoms with Gasteiger partial charge in [-0.2, -0.15) is 0 Å². The van der Waals surface area contributed by atoms with Gasteiger partial charge < -0.3 is 4.90 Å². The second-order valence-corrected chi connectivity index (χ2v) is 4.64. The van der Waals surface area contributed by atoms with Crippen LogP contribution in [0.25, 0.3) is 0 Å². The number of Topliss-reactive ketones (excluding diaryl/α,β-unsaturated/α-hetero) is 1. The van der Waals surface area contributed by atoms with E-state index in [2.05, 4.69) is 23.7 Å². The van der Waals surface area contributed by atoms with Gasteiger partial charge in [0, 0.05) is 30.9 Å². The molecule has 2 heteroatoms. The summed E-state index contributed by atoms with van der Waals surface area (Å²) in [5.74, 6) is 10.3. The highest BCUT2D eigenvalue weighted by Crippen LogP contribution is 2.11. The van der Waals surface area contributed by atoms with Crippen LogP contribution < -0.4 is 4.90 Å². The van der Waals surface area contributed by atoms with Gasteiger partial charge in [0.15, 0.2) is 0 Å². The molecule has 0 aliphatic carbocycles. The van der Waals surface area contributed by atoms with E-state index in [1.54, 1.807) is 0 Å². The fourth-order valence-corrected chi connectivity index (χ4v) is 1.65. The zero-order valence-corrected chi connectivity index (χ0v) is 12.1. The Bertz CT molecular complexity index is 735. The highest BCUT2D eigenvalue weighted by Gasteiger charge is 1.94. The van der Waals surface area contributed by atoms with Crippen LogP contribution in [0, 0.1) is 23.7 Å². The van der Waals surface area contributed by atoms with Gasteiger partial charge in [-0.15, -0.1) is 0 Å². The molecule has 0 saturated heterocycles. The maximum atomic E-state index is 11.6. The predicted octanol–water partition coefficient (Wildman–Crippen LogP) is 2.72. The molecule has 0 fully saturated rings. The quantitative estimate of drug-likeness (QED) is 0.745. The molecule has 0 saturated carbocycles. The van der Waals surface area contributed by atoms with Crippen LogP contribution in [0.2, 0.25) is 0 Å². The first-order chi connectivity index (χ1) is 10.1. The number of rotatable bonds is 1. The van der Waals surface area contributed by atoms with Crippen LogP contribution in [0.4, 0.5) is 5.69 Å². The summed E-state index contributed by atoms with van der Waals surface area (Å²) in [6, 6.07) is 17.1. The smallest absolute Gasteiger partial charge is 0.279 e. The number of nitrogens with zero attached hydrogens (tertiary/aromatic N) is 1. The number of carbonyl (C=O) groups excluding carboxylic acids is 1. The first kappa shape index (κ1) is 14.4. The molecule has 0 atom stereocenters. The molecule has 2 nitrogen and oxygen atoms in total. The summed E-state index contributed by atoms with van der Waals surface area (Å²) in [6.07, 6.45) is 0. The van der Waals surface area contributed by atoms with E-state index in [4.69, 9.17) is 0 Å². The third-order valence-electron chi connectivity index (χ3n) is 2.80. The van der Waals surface area contributed by atoms with Gasteiger partial charge in [-0.1, -0.05) is 30.0 Å². The molecule has 0 spiro atoms. The van der Waals surface area contributed by atoms with Crippen molar-refractivity contribution in [2.75, 3.05) is 19.0 Å². The maximum Gasteiger partial charge on any atom is 0.279 e. The lowest BCUT2D eigenvalue weighted by molar-refractivity contribution is -0.108. The van der Waals surface area contributed by atoms with E-state index in [-0.39, 0.29) is 5.78 Å². The van der Waals surface area contributed by atoms with E-state index in [1.165, 1.54) is 0 Å². The van der Waals surface area contributed by atoms with E-state index in [0.29, 0.717) is 0 Å². The van der Waals surface area contributed by atoms with Crippen molar-refractivity contribution in [2.24, 2.45) is 0 Å². The number of hydrogen-bond donors (Lipinski definition) is 0. The van der Waals surface area contributed by atoms with Crippen LogP contribution in [0.15, 0.2) is 54.6 Å². The minimum atomic E-state index is -0.379. The third kappa shape index (κ3) is 4.56. The predicted molar refractivity (Wildman–Crippen MR) is 86.0 cm³/mol. The Hall–Kier alpha value is -2.97. The highest BCUT2D eigenvalue weighted by atomic mass is 16.1. The normalized spacial score (nSPS) is 8.86. The summed E-state index contributed by atoms with van der Waals surface area (Å²) in [7, 11) is 3.95. The second kappa shape index (κ2) is 6.98. The number of ketones is 1. The molecule has 0 bridgehead atoms. The molecule has 2 rings (SSSR count). The third-order valence-corrected chi connectivity index (χ3v) is 2.80. The Morgan fingerprint density at radius 3 is 1.86 bits per heavy atom. The van der Waals surface area contributed by atoms with Crippen LogP contribution in [-0.4, -0.2) is 19.9 Å². The molecule has 0 N–H and O–H groups in total. The summed E-state index contributed by atoms with van der Waals surface area (Å²) >= 11 is 0. The van der Waals surface area contributed by atoms with Gasteiger partial charge in [0.05, 0.1) is 0 Å². The van der Waals surface area contributed by atoms with E-state index in [1.807, 2.05) is 73.6 Å². The Morgan fingerprint density at radius 2 is 1.33 bits per heavy atom. The molecule has 102 valence electrons. The van der Waals surface area contributed by atoms with Crippen LogP contribution in [0.5, 0.6) is 0 Å². The first-order valence-corrected chi connectivity index (χ1v) is 6.55. The van der Waals surface area contributed by atoms with Crippen molar-refractivity contribution in [1.29, 1.82) is 0 Å². The summed E-state index contributed by atoms with van der Waals surface area (Å²) in [4.78, 5) is 13.6. The van der Waals surface area contributed by atoms with Crippen molar-refractivity contribution in [2.45, 2.75) is 0 Å². The van der Waals surface area contributed by atoms with Crippen molar-refractivity contribution >= 4 is 11.5 Å². The topological polar surface area (TPSA) is 20.3 Å². The van der Waals surface area contributed by atoms with E-state index in [9.17, 15) is 4.79 Å². The molecule has 0 aromatic heterocycles. The molecule has 0 amide bonds. The molecule has 0 aliphatic heterocycles. The molecule has 0 unspecified atom stereocenters. The number of carbonyl (C=O) groups is 1. The average Bonchev–Trinajstić information content (AvgIpc) is 2.52. The lowest BCUT2D eigenvalue weighted by Crippen LogP contribution is -2.07. The number of benzene rings is 2. The minimum absolute atomic E-state index is 0.379. The van der Waals surface area contributed by atoms with Gasteiger partial charge in [-0.3, -0.25) is 4.79 Å². The monoisotopic (exact) mass is 273 g/mol. The van der Waals surface area contributed by atoms with Crippen molar-refractivity contribution < 1.29 is 4.79 Å². The van der Waals surface area contributed by atoms with Gasteiger partial charge >= 0.3 is 0 Å². The fourth-order valence-electron chi connectivity index (χ4n) is 1.65. The SMILES string of the molecule is CN(C)c1ccc(C#CC(=O)C#Cc2ccccc2)cc1. The fraction of sp³-hybridized carbons (Fsp3) is 0.105. The van der Waals surface area contributed by atoms with Crippen molar-refractivity contribution in [3.63, 3.8) is 0 Å². The van der Waals surface area contributed by atoms with Crippen molar-refractivity contribution in [3.8, 4) is 23.7 Å². The number of anilines is 1. The van der Waals surface area contributed by atoms with Crippen molar-refractivity contribution in [1.82, 2.24) is 0 Å². The van der Waals surface area contributed by atoms with Gasteiger partial charge in [-0.25, -0.2) is 0 Å². The molecule has 0 aliphatic rings. The van der Waals surface area contributed by atoms with Gasteiger partial charge in [-0.05, 0) is 48.2 Å². The lowest BCUT2D eigenvalue weighted by Gasteiger charge is -2.11. The van der Waals surface area contributed by atoms with Crippen LogP contribution in [0.3, 0.4) is 0 Å². The molecular formula is C19H15NO. The summed E-state index contributed by atoms with van der Waals surface area (Å²) in [5, 5.41) is 0. The first-order valence-electron chi connectivity index (χ1n) is 6.55. The van der Waals surface area contributed by atoms with Crippen LogP contribution in [0.1, 0.15) is 11.1 Å². The zero-order valence-electron chi connectivity index (χ0n) is 12.1.